The summed E-state index contributed by atoms with van der Waals surface area (Å²) in [6, 6.07) is 4.00. The van der Waals surface area contributed by atoms with Gasteiger partial charge in [0.15, 0.2) is 5.76 Å². The van der Waals surface area contributed by atoms with Crippen molar-refractivity contribution in [3.05, 3.63) is 23.7 Å². The molecule has 0 spiro atoms. The Kier molecular flexibility index (Phi) is 4.61. The summed E-state index contributed by atoms with van der Waals surface area (Å²) in [5.41, 5.74) is 5.45. The first-order chi connectivity index (χ1) is 9.10. The number of nitrogens with one attached hydrogen (secondary N) is 1. The molecule has 0 bridgehead atoms. The van der Waals surface area contributed by atoms with Crippen molar-refractivity contribution >= 4 is 5.91 Å². The van der Waals surface area contributed by atoms with E-state index in [0.717, 1.165) is 19.5 Å². The second-order valence-electron chi connectivity index (χ2n) is 5.42. The molecular weight excluding hydrogens is 242 g/mol. The van der Waals surface area contributed by atoms with Crippen molar-refractivity contribution < 1.29 is 9.21 Å². The van der Waals surface area contributed by atoms with Gasteiger partial charge in [-0.1, -0.05) is 0 Å². The molecule has 1 aromatic heterocycles. The van der Waals surface area contributed by atoms with Gasteiger partial charge in [0.05, 0.1) is 6.54 Å². The minimum Gasteiger partial charge on any atom is -0.455 e. The molecule has 1 unspecified atom stereocenters. The van der Waals surface area contributed by atoms with Crippen LogP contribution in [0.4, 0.5) is 0 Å². The van der Waals surface area contributed by atoms with Crippen LogP contribution in [0.1, 0.15) is 36.6 Å². The molecule has 1 fully saturated rings. The molecule has 5 heteroatoms. The van der Waals surface area contributed by atoms with Crippen molar-refractivity contribution in [2.45, 2.75) is 32.9 Å². The van der Waals surface area contributed by atoms with E-state index in [2.05, 4.69) is 24.1 Å². The molecule has 1 atom stereocenters. The number of carbonyl (C=O) groups is 1. The fourth-order valence-corrected chi connectivity index (χ4v) is 2.43. The van der Waals surface area contributed by atoms with Gasteiger partial charge >= 0.3 is 0 Å². The first kappa shape index (κ1) is 14.1. The second-order valence-corrected chi connectivity index (χ2v) is 5.42. The first-order valence-electron chi connectivity index (χ1n) is 6.91. The van der Waals surface area contributed by atoms with Gasteiger partial charge in [0.2, 0.25) is 0 Å². The number of nitrogens with zero attached hydrogens (tertiary/aromatic N) is 1. The third-order valence-electron chi connectivity index (χ3n) is 3.69. The van der Waals surface area contributed by atoms with E-state index in [4.69, 9.17) is 10.2 Å². The van der Waals surface area contributed by atoms with E-state index in [9.17, 15) is 4.79 Å². The summed E-state index contributed by atoms with van der Waals surface area (Å²) >= 11 is 0. The number of carbonyl (C=O) groups excluding carboxylic acids is 1. The molecule has 0 aromatic carbocycles. The Balaban J connectivity index is 1.78. The van der Waals surface area contributed by atoms with E-state index in [1.54, 1.807) is 12.1 Å². The summed E-state index contributed by atoms with van der Waals surface area (Å²) in [4.78, 5) is 14.3. The van der Waals surface area contributed by atoms with Crippen LogP contribution in [0.2, 0.25) is 0 Å². The minimum absolute atomic E-state index is 0.150. The molecule has 106 valence electrons. The predicted molar refractivity (Wildman–Crippen MR) is 73.7 cm³/mol. The highest BCUT2D eigenvalue weighted by Gasteiger charge is 2.24. The standard InChI is InChI=1S/C14H23N3O2/c1-10(2)17-6-5-11(9-17)8-16-14(18)13-4-3-12(7-15)19-13/h3-4,10-11H,5-9,15H2,1-2H3,(H,16,18). The molecular formula is C14H23N3O2. The SMILES string of the molecule is CC(C)N1CCC(CNC(=O)c2ccc(CN)o2)C1. The summed E-state index contributed by atoms with van der Waals surface area (Å²) in [5, 5.41) is 2.94. The Hall–Kier alpha value is -1.33. The van der Waals surface area contributed by atoms with Crippen LogP contribution in [-0.2, 0) is 6.54 Å². The Morgan fingerprint density at radius 3 is 2.95 bits per heavy atom. The topological polar surface area (TPSA) is 71.5 Å². The Bertz CT molecular complexity index is 428. The van der Waals surface area contributed by atoms with E-state index in [1.165, 1.54) is 0 Å². The normalized spacial score (nSPS) is 20.1. The monoisotopic (exact) mass is 265 g/mol. The lowest BCUT2D eigenvalue weighted by atomic mass is 10.1. The molecule has 1 amide bonds. The number of amides is 1. The van der Waals surface area contributed by atoms with Gasteiger partial charge in [-0.25, -0.2) is 0 Å². The molecule has 2 rings (SSSR count). The van der Waals surface area contributed by atoms with Gasteiger partial charge in [-0.05, 0) is 44.9 Å². The van der Waals surface area contributed by atoms with Crippen LogP contribution in [0.3, 0.4) is 0 Å². The second kappa shape index (κ2) is 6.21. The van der Waals surface area contributed by atoms with Crippen molar-refractivity contribution in [3.63, 3.8) is 0 Å². The number of nitrogens with two attached hydrogens (primary N) is 1. The lowest BCUT2D eigenvalue weighted by molar-refractivity contribution is 0.0917. The zero-order chi connectivity index (χ0) is 13.8. The fraction of sp³-hybridized carbons (Fsp3) is 0.643. The maximum atomic E-state index is 11.9. The lowest BCUT2D eigenvalue weighted by Gasteiger charge is -2.20. The Labute approximate surface area is 114 Å². The number of rotatable bonds is 5. The van der Waals surface area contributed by atoms with Crippen molar-refractivity contribution in [1.29, 1.82) is 0 Å². The van der Waals surface area contributed by atoms with E-state index in [1.807, 2.05) is 0 Å². The van der Waals surface area contributed by atoms with Crippen molar-refractivity contribution in [2.24, 2.45) is 11.7 Å². The Morgan fingerprint density at radius 1 is 1.58 bits per heavy atom. The van der Waals surface area contributed by atoms with Gasteiger partial charge in [0.25, 0.3) is 5.91 Å². The molecule has 19 heavy (non-hydrogen) atoms. The summed E-state index contributed by atoms with van der Waals surface area (Å²) in [5.74, 6) is 1.37. The molecule has 1 aromatic rings. The minimum atomic E-state index is -0.150. The van der Waals surface area contributed by atoms with Gasteiger partial charge in [-0.3, -0.25) is 4.79 Å². The van der Waals surface area contributed by atoms with Crippen LogP contribution in [0.25, 0.3) is 0 Å². The van der Waals surface area contributed by atoms with Gasteiger partial charge in [-0.15, -0.1) is 0 Å². The molecule has 1 aliphatic rings. The third kappa shape index (κ3) is 3.58. The number of hydrogen-bond donors (Lipinski definition) is 2. The molecule has 0 aliphatic carbocycles. The third-order valence-corrected chi connectivity index (χ3v) is 3.69. The molecule has 2 heterocycles. The lowest BCUT2D eigenvalue weighted by Crippen LogP contribution is -2.32. The Morgan fingerprint density at radius 2 is 2.37 bits per heavy atom. The predicted octanol–water partition coefficient (Wildman–Crippen LogP) is 1.20. The van der Waals surface area contributed by atoms with Crippen molar-refractivity contribution in [3.8, 4) is 0 Å². The van der Waals surface area contributed by atoms with E-state index in [0.29, 0.717) is 36.6 Å². The van der Waals surface area contributed by atoms with Crippen LogP contribution in [0, 0.1) is 5.92 Å². The molecule has 1 aliphatic heterocycles. The average molecular weight is 265 g/mol. The fourth-order valence-electron chi connectivity index (χ4n) is 2.43. The number of furan rings is 1. The molecule has 1 saturated heterocycles. The molecule has 0 saturated carbocycles. The van der Waals surface area contributed by atoms with Crippen LogP contribution in [0.15, 0.2) is 16.5 Å². The maximum absolute atomic E-state index is 11.9. The van der Waals surface area contributed by atoms with Crippen LogP contribution >= 0.6 is 0 Å². The number of hydrogen-bond acceptors (Lipinski definition) is 4. The summed E-state index contributed by atoms with van der Waals surface area (Å²) in [6.45, 7) is 7.62. The highest BCUT2D eigenvalue weighted by atomic mass is 16.4. The first-order valence-corrected chi connectivity index (χ1v) is 6.91. The molecule has 0 radical (unpaired) electrons. The van der Waals surface area contributed by atoms with E-state index >= 15 is 0 Å². The smallest absolute Gasteiger partial charge is 0.287 e. The zero-order valence-corrected chi connectivity index (χ0v) is 11.7. The van der Waals surface area contributed by atoms with E-state index < -0.39 is 0 Å². The zero-order valence-electron chi connectivity index (χ0n) is 11.7. The summed E-state index contributed by atoms with van der Waals surface area (Å²) in [6.07, 6.45) is 1.14. The van der Waals surface area contributed by atoms with Gasteiger partial charge in [-0.2, -0.15) is 0 Å². The van der Waals surface area contributed by atoms with Gasteiger partial charge in [0.1, 0.15) is 5.76 Å². The van der Waals surface area contributed by atoms with Crippen molar-refractivity contribution in [1.82, 2.24) is 10.2 Å². The number of likely N-dealkylation sites (tertiary alicyclic amines) is 1. The van der Waals surface area contributed by atoms with E-state index in [-0.39, 0.29) is 5.91 Å². The average Bonchev–Trinajstić information content (AvgIpc) is 3.04. The van der Waals surface area contributed by atoms with Gasteiger partial charge < -0.3 is 20.4 Å². The summed E-state index contributed by atoms with van der Waals surface area (Å²) < 4.78 is 5.32. The maximum Gasteiger partial charge on any atom is 0.287 e. The van der Waals surface area contributed by atoms with Crippen LogP contribution in [0.5, 0.6) is 0 Å². The molecule has 3 N–H and O–H groups in total. The van der Waals surface area contributed by atoms with Gasteiger partial charge in [0, 0.05) is 19.1 Å². The largest absolute Gasteiger partial charge is 0.455 e. The molecule has 5 nitrogen and oxygen atoms in total. The summed E-state index contributed by atoms with van der Waals surface area (Å²) in [7, 11) is 0. The van der Waals surface area contributed by atoms with Crippen LogP contribution < -0.4 is 11.1 Å². The highest BCUT2D eigenvalue weighted by Crippen LogP contribution is 2.17. The highest BCUT2D eigenvalue weighted by molar-refractivity contribution is 5.91. The van der Waals surface area contributed by atoms with Crippen molar-refractivity contribution in [2.75, 3.05) is 19.6 Å². The van der Waals surface area contributed by atoms with Crippen LogP contribution in [-0.4, -0.2) is 36.5 Å². The quantitative estimate of drug-likeness (QED) is 0.839.